The number of nitrogens with zero attached hydrogens (tertiary/aromatic N) is 1. The Labute approximate surface area is 169 Å². The van der Waals surface area contributed by atoms with Gasteiger partial charge in [0, 0.05) is 5.39 Å². The number of amides is 1. The third kappa shape index (κ3) is 4.87. The third-order valence-corrected chi connectivity index (χ3v) is 4.09. The number of furan rings is 1. The van der Waals surface area contributed by atoms with Crippen molar-refractivity contribution in [3.63, 3.8) is 0 Å². The van der Waals surface area contributed by atoms with Crippen LogP contribution in [0.3, 0.4) is 0 Å². The number of fused-ring (bicyclic) bond motifs is 1. The van der Waals surface area contributed by atoms with Crippen LogP contribution in [0.25, 0.3) is 11.0 Å². The van der Waals surface area contributed by atoms with Crippen LogP contribution in [0.5, 0.6) is 17.2 Å². The number of hydrazone groups is 1. The highest BCUT2D eigenvalue weighted by atomic mass is 16.5. The summed E-state index contributed by atoms with van der Waals surface area (Å²) in [6.45, 7) is 4.75. The molecule has 0 fully saturated rings. The van der Waals surface area contributed by atoms with Gasteiger partial charge in [0.1, 0.15) is 0 Å². The second-order valence-corrected chi connectivity index (χ2v) is 6.80. The number of carbonyl (C=O) groups is 1. The first-order valence-corrected chi connectivity index (χ1v) is 9.22. The molecule has 0 atom stereocenters. The Hall–Kier alpha value is -3.48. The highest BCUT2D eigenvalue weighted by Crippen LogP contribution is 2.29. The second-order valence-electron chi connectivity index (χ2n) is 6.80. The largest absolute Gasteiger partial charge is 0.493 e. The fourth-order valence-corrected chi connectivity index (χ4v) is 2.67. The maximum Gasteiger partial charge on any atom is 0.307 e. The highest BCUT2D eigenvalue weighted by Gasteiger charge is 2.14. The molecule has 0 bridgehead atoms. The number of carbonyl (C=O) groups excluding carboxylic acids is 1. The molecule has 2 aromatic carbocycles. The maximum absolute atomic E-state index is 12.3. The summed E-state index contributed by atoms with van der Waals surface area (Å²) in [5.74, 6) is 1.94. The minimum atomic E-state index is -0.455. The standard InChI is InChI=1S/C22H24N2O5/c1-14(2)13-28-17-9-8-15(10-19(17)27-4)12-23-24-22(25)20-11-16-6-5-7-18(26-3)21(16)29-20/h5-12,14H,13H2,1-4H3,(H,24,25)/b23-12-. The van der Waals surface area contributed by atoms with Crippen molar-refractivity contribution in [1.29, 1.82) is 0 Å². The van der Waals surface area contributed by atoms with Gasteiger partial charge in [0.05, 0.1) is 27.0 Å². The van der Waals surface area contributed by atoms with E-state index in [-0.39, 0.29) is 5.76 Å². The molecule has 152 valence electrons. The molecule has 3 rings (SSSR count). The SMILES string of the molecule is COc1cc(/C=N\NC(=O)c2cc3cccc(OC)c3o2)ccc1OCC(C)C. The summed E-state index contributed by atoms with van der Waals surface area (Å²) in [7, 11) is 3.13. The van der Waals surface area contributed by atoms with E-state index in [0.717, 1.165) is 10.9 Å². The Morgan fingerprint density at radius 1 is 1.10 bits per heavy atom. The van der Waals surface area contributed by atoms with Crippen LogP contribution < -0.4 is 19.6 Å². The molecular formula is C22H24N2O5. The smallest absolute Gasteiger partial charge is 0.307 e. The first-order chi connectivity index (χ1) is 14.0. The molecule has 7 heteroatoms. The van der Waals surface area contributed by atoms with Crippen LogP contribution in [0, 0.1) is 5.92 Å². The Balaban J connectivity index is 1.68. The number of hydrogen-bond acceptors (Lipinski definition) is 6. The fourth-order valence-electron chi connectivity index (χ4n) is 2.67. The maximum atomic E-state index is 12.3. The van der Waals surface area contributed by atoms with Crippen LogP contribution in [0.2, 0.25) is 0 Å². The molecule has 1 amide bonds. The van der Waals surface area contributed by atoms with Gasteiger partial charge in [-0.05, 0) is 41.8 Å². The first kappa shape index (κ1) is 20.3. The lowest BCUT2D eigenvalue weighted by Gasteiger charge is -2.12. The zero-order chi connectivity index (χ0) is 20.8. The van der Waals surface area contributed by atoms with E-state index in [1.54, 1.807) is 32.4 Å². The predicted molar refractivity (Wildman–Crippen MR) is 111 cm³/mol. The average molecular weight is 396 g/mol. The van der Waals surface area contributed by atoms with Crippen molar-refractivity contribution in [2.45, 2.75) is 13.8 Å². The molecule has 0 aliphatic rings. The van der Waals surface area contributed by atoms with Crippen molar-refractivity contribution in [2.75, 3.05) is 20.8 Å². The van der Waals surface area contributed by atoms with Crippen LogP contribution in [-0.4, -0.2) is 32.9 Å². The topological polar surface area (TPSA) is 82.3 Å². The van der Waals surface area contributed by atoms with Crippen LogP contribution in [0.15, 0.2) is 52.0 Å². The van der Waals surface area contributed by atoms with Gasteiger partial charge in [0.2, 0.25) is 0 Å². The van der Waals surface area contributed by atoms with E-state index in [0.29, 0.717) is 35.4 Å². The van der Waals surface area contributed by atoms with E-state index in [4.69, 9.17) is 18.6 Å². The normalized spacial score (nSPS) is 11.2. The quantitative estimate of drug-likeness (QED) is 0.455. The first-order valence-electron chi connectivity index (χ1n) is 9.22. The summed E-state index contributed by atoms with van der Waals surface area (Å²) < 4.78 is 22.0. The molecule has 3 aromatic rings. The van der Waals surface area contributed by atoms with Crippen molar-refractivity contribution in [1.82, 2.24) is 5.43 Å². The van der Waals surface area contributed by atoms with Gasteiger partial charge >= 0.3 is 5.91 Å². The summed E-state index contributed by atoms with van der Waals surface area (Å²) in [5, 5.41) is 4.78. The molecule has 0 unspecified atom stereocenters. The summed E-state index contributed by atoms with van der Waals surface area (Å²) in [6, 6.07) is 12.5. The molecule has 0 spiro atoms. The predicted octanol–water partition coefficient (Wildman–Crippen LogP) is 4.25. The van der Waals surface area contributed by atoms with Gasteiger partial charge in [-0.1, -0.05) is 26.0 Å². The average Bonchev–Trinajstić information content (AvgIpc) is 3.17. The van der Waals surface area contributed by atoms with E-state index in [2.05, 4.69) is 24.4 Å². The van der Waals surface area contributed by atoms with Gasteiger partial charge in [0.15, 0.2) is 28.6 Å². The molecule has 0 aliphatic heterocycles. The number of methoxy groups -OCH3 is 2. The number of para-hydroxylation sites is 1. The molecular weight excluding hydrogens is 372 g/mol. The molecule has 1 aromatic heterocycles. The third-order valence-electron chi connectivity index (χ3n) is 4.09. The lowest BCUT2D eigenvalue weighted by Crippen LogP contribution is -2.16. The Kier molecular flexibility index (Phi) is 6.39. The number of rotatable bonds is 8. The second kappa shape index (κ2) is 9.14. The summed E-state index contributed by atoms with van der Waals surface area (Å²) in [4.78, 5) is 12.3. The monoisotopic (exact) mass is 396 g/mol. The van der Waals surface area contributed by atoms with Crippen molar-refractivity contribution in [2.24, 2.45) is 11.0 Å². The minimum absolute atomic E-state index is 0.150. The van der Waals surface area contributed by atoms with Crippen molar-refractivity contribution in [3.05, 3.63) is 53.8 Å². The lowest BCUT2D eigenvalue weighted by molar-refractivity contribution is 0.0929. The molecule has 29 heavy (non-hydrogen) atoms. The van der Waals surface area contributed by atoms with Gasteiger partial charge in [-0.25, -0.2) is 5.43 Å². The van der Waals surface area contributed by atoms with E-state index >= 15 is 0 Å². The molecule has 1 heterocycles. The number of ether oxygens (including phenoxy) is 3. The van der Waals surface area contributed by atoms with Crippen LogP contribution >= 0.6 is 0 Å². The Bertz CT molecular complexity index is 1020. The molecule has 0 saturated carbocycles. The number of hydrogen-bond donors (Lipinski definition) is 1. The van der Waals surface area contributed by atoms with Crippen molar-refractivity contribution in [3.8, 4) is 17.2 Å². The Morgan fingerprint density at radius 2 is 1.90 bits per heavy atom. The summed E-state index contributed by atoms with van der Waals surface area (Å²) in [5.41, 5.74) is 3.74. The van der Waals surface area contributed by atoms with E-state index < -0.39 is 5.91 Å². The number of benzene rings is 2. The van der Waals surface area contributed by atoms with Crippen molar-refractivity contribution < 1.29 is 23.4 Å². The van der Waals surface area contributed by atoms with Gasteiger partial charge in [-0.15, -0.1) is 0 Å². The zero-order valence-electron chi connectivity index (χ0n) is 16.9. The van der Waals surface area contributed by atoms with E-state index in [1.807, 2.05) is 24.3 Å². The van der Waals surface area contributed by atoms with E-state index in [1.165, 1.54) is 6.21 Å². The van der Waals surface area contributed by atoms with Crippen LogP contribution in [0.4, 0.5) is 0 Å². The van der Waals surface area contributed by atoms with Gasteiger partial charge < -0.3 is 18.6 Å². The zero-order valence-corrected chi connectivity index (χ0v) is 16.9. The Morgan fingerprint density at radius 3 is 2.62 bits per heavy atom. The molecule has 7 nitrogen and oxygen atoms in total. The van der Waals surface area contributed by atoms with Crippen molar-refractivity contribution >= 4 is 23.1 Å². The fraction of sp³-hybridized carbons (Fsp3) is 0.273. The van der Waals surface area contributed by atoms with Gasteiger partial charge in [-0.3, -0.25) is 4.79 Å². The van der Waals surface area contributed by atoms with Crippen LogP contribution in [-0.2, 0) is 0 Å². The summed E-state index contributed by atoms with van der Waals surface area (Å²) >= 11 is 0. The highest BCUT2D eigenvalue weighted by molar-refractivity contribution is 5.97. The minimum Gasteiger partial charge on any atom is -0.493 e. The van der Waals surface area contributed by atoms with E-state index in [9.17, 15) is 4.79 Å². The molecule has 1 N–H and O–H groups in total. The lowest BCUT2D eigenvalue weighted by atomic mass is 10.2. The molecule has 0 radical (unpaired) electrons. The summed E-state index contributed by atoms with van der Waals surface area (Å²) in [6.07, 6.45) is 1.52. The van der Waals surface area contributed by atoms with Gasteiger partial charge in [-0.2, -0.15) is 5.10 Å². The molecule has 0 aliphatic carbocycles. The van der Waals surface area contributed by atoms with Crippen LogP contribution in [0.1, 0.15) is 30.0 Å². The van der Waals surface area contributed by atoms with Gasteiger partial charge in [0.25, 0.3) is 0 Å². The number of nitrogens with one attached hydrogen (secondary N) is 1. The molecule has 0 saturated heterocycles.